The summed E-state index contributed by atoms with van der Waals surface area (Å²) in [5.74, 6) is -0.535. The van der Waals surface area contributed by atoms with Crippen LogP contribution in [0.2, 0.25) is 0 Å². The van der Waals surface area contributed by atoms with Crippen molar-refractivity contribution < 1.29 is 17.7 Å². The summed E-state index contributed by atoms with van der Waals surface area (Å²) < 4.78 is 38.5. The van der Waals surface area contributed by atoms with Gasteiger partial charge in [-0.25, -0.2) is 12.8 Å². The molecule has 0 radical (unpaired) electrons. The van der Waals surface area contributed by atoms with Gasteiger partial charge in [0.1, 0.15) is 5.82 Å². The summed E-state index contributed by atoms with van der Waals surface area (Å²) >= 11 is 0. The lowest BCUT2D eigenvalue weighted by Crippen LogP contribution is -2.26. The van der Waals surface area contributed by atoms with Crippen LogP contribution in [-0.2, 0) is 10.0 Å². The third-order valence-corrected chi connectivity index (χ3v) is 4.70. The third kappa shape index (κ3) is 3.00. The van der Waals surface area contributed by atoms with E-state index in [0.717, 1.165) is 28.6 Å². The van der Waals surface area contributed by atoms with Crippen LogP contribution in [0.15, 0.2) is 53.4 Å². The van der Waals surface area contributed by atoms with Gasteiger partial charge in [0.25, 0.3) is 15.7 Å². The van der Waals surface area contributed by atoms with E-state index in [4.69, 9.17) is 0 Å². The summed E-state index contributed by atoms with van der Waals surface area (Å²) in [6.45, 7) is 0. The zero-order chi connectivity index (χ0) is 15.6. The Hall–Kier alpha value is -2.48. The molecule has 0 unspecified atom stereocenters. The van der Waals surface area contributed by atoms with Crippen molar-refractivity contribution in [2.45, 2.75) is 4.90 Å². The fourth-order valence-electron chi connectivity index (χ4n) is 1.69. The molecule has 0 N–H and O–H groups in total. The highest BCUT2D eigenvalue weighted by Crippen LogP contribution is 2.24. The van der Waals surface area contributed by atoms with Crippen LogP contribution in [0.5, 0.6) is 0 Å². The van der Waals surface area contributed by atoms with E-state index in [1.54, 1.807) is 0 Å². The van der Waals surface area contributed by atoms with Crippen LogP contribution in [-0.4, -0.2) is 20.4 Å². The molecule has 0 aromatic heterocycles. The molecule has 2 aromatic rings. The average molecular weight is 310 g/mol. The van der Waals surface area contributed by atoms with Gasteiger partial charge >= 0.3 is 0 Å². The Kier molecular flexibility index (Phi) is 3.90. The summed E-state index contributed by atoms with van der Waals surface area (Å²) in [5, 5.41) is 10.6. The second kappa shape index (κ2) is 5.49. The Morgan fingerprint density at radius 3 is 2.05 bits per heavy atom. The van der Waals surface area contributed by atoms with Crippen LogP contribution in [0.4, 0.5) is 15.8 Å². The predicted molar refractivity (Wildman–Crippen MR) is 75.1 cm³/mol. The summed E-state index contributed by atoms with van der Waals surface area (Å²) in [6, 6.07) is 9.52. The van der Waals surface area contributed by atoms with Gasteiger partial charge in [-0.15, -0.1) is 0 Å². The quantitative estimate of drug-likeness (QED) is 0.642. The number of nitrogens with zero attached hydrogens (tertiary/aromatic N) is 2. The molecule has 0 bridgehead atoms. The Bertz CT molecular complexity index is 758. The van der Waals surface area contributed by atoms with Crippen molar-refractivity contribution in [1.29, 1.82) is 0 Å². The number of benzene rings is 2. The number of sulfonamides is 1. The number of hydrogen-bond acceptors (Lipinski definition) is 4. The first kappa shape index (κ1) is 14.9. The van der Waals surface area contributed by atoms with Crippen LogP contribution >= 0.6 is 0 Å². The van der Waals surface area contributed by atoms with E-state index in [2.05, 4.69) is 0 Å². The van der Waals surface area contributed by atoms with Crippen LogP contribution in [0, 0.1) is 15.9 Å². The largest absolute Gasteiger partial charge is 0.269 e. The monoisotopic (exact) mass is 310 g/mol. The Labute approximate surface area is 120 Å². The minimum absolute atomic E-state index is 0.0650. The maximum Gasteiger partial charge on any atom is 0.269 e. The van der Waals surface area contributed by atoms with Gasteiger partial charge in [0, 0.05) is 19.2 Å². The minimum atomic E-state index is -3.85. The molecule has 0 saturated heterocycles. The van der Waals surface area contributed by atoms with Crippen LogP contribution in [0.1, 0.15) is 0 Å². The molecule has 0 fully saturated rings. The maximum absolute atomic E-state index is 12.8. The van der Waals surface area contributed by atoms with Crippen LogP contribution in [0.25, 0.3) is 0 Å². The van der Waals surface area contributed by atoms with E-state index in [9.17, 15) is 22.9 Å². The van der Waals surface area contributed by atoms with Gasteiger partial charge in [-0.2, -0.15) is 0 Å². The molecule has 110 valence electrons. The van der Waals surface area contributed by atoms with Gasteiger partial charge in [-0.3, -0.25) is 14.4 Å². The first-order valence-electron chi connectivity index (χ1n) is 5.81. The molecule has 0 spiro atoms. The van der Waals surface area contributed by atoms with Gasteiger partial charge in [-0.05, 0) is 36.4 Å². The molecule has 0 aliphatic heterocycles. The second-order valence-electron chi connectivity index (χ2n) is 4.20. The van der Waals surface area contributed by atoms with E-state index < -0.39 is 20.8 Å². The van der Waals surface area contributed by atoms with Crippen molar-refractivity contribution in [3.8, 4) is 0 Å². The lowest BCUT2D eigenvalue weighted by atomic mass is 10.3. The Balaban J connectivity index is 2.35. The van der Waals surface area contributed by atoms with Crippen molar-refractivity contribution in [2.24, 2.45) is 0 Å². The zero-order valence-electron chi connectivity index (χ0n) is 10.9. The van der Waals surface area contributed by atoms with Crippen LogP contribution < -0.4 is 4.31 Å². The van der Waals surface area contributed by atoms with Gasteiger partial charge in [0.15, 0.2) is 0 Å². The highest BCUT2D eigenvalue weighted by atomic mass is 32.2. The van der Waals surface area contributed by atoms with E-state index in [1.165, 1.54) is 31.3 Å². The number of rotatable bonds is 4. The van der Waals surface area contributed by atoms with Crippen molar-refractivity contribution in [3.05, 3.63) is 64.5 Å². The zero-order valence-corrected chi connectivity index (χ0v) is 11.7. The highest BCUT2D eigenvalue weighted by Gasteiger charge is 2.21. The predicted octanol–water partition coefficient (Wildman–Crippen LogP) is 2.56. The van der Waals surface area contributed by atoms with Gasteiger partial charge in [0.2, 0.25) is 0 Å². The second-order valence-corrected chi connectivity index (χ2v) is 6.17. The number of nitro benzene ring substituents is 1. The normalized spacial score (nSPS) is 11.1. The van der Waals surface area contributed by atoms with E-state index in [1.807, 2.05) is 0 Å². The summed E-state index contributed by atoms with van der Waals surface area (Å²) in [5.41, 5.74) is 0.135. The number of nitro groups is 1. The van der Waals surface area contributed by atoms with Crippen LogP contribution in [0.3, 0.4) is 0 Å². The first-order chi connectivity index (χ1) is 9.82. The lowest BCUT2D eigenvalue weighted by Gasteiger charge is -2.19. The summed E-state index contributed by atoms with van der Waals surface area (Å²) in [7, 11) is -2.53. The summed E-state index contributed by atoms with van der Waals surface area (Å²) in [6.07, 6.45) is 0. The SMILES string of the molecule is CN(c1ccc([N+](=O)[O-])cc1)S(=O)(=O)c1ccc(F)cc1. The van der Waals surface area contributed by atoms with E-state index >= 15 is 0 Å². The minimum Gasteiger partial charge on any atom is -0.269 e. The molecule has 0 heterocycles. The fourth-order valence-corrected chi connectivity index (χ4v) is 2.88. The molecule has 0 aliphatic rings. The highest BCUT2D eigenvalue weighted by molar-refractivity contribution is 7.92. The molecule has 0 saturated carbocycles. The number of anilines is 1. The molecule has 0 amide bonds. The van der Waals surface area contributed by atoms with Gasteiger partial charge in [-0.1, -0.05) is 0 Å². The first-order valence-corrected chi connectivity index (χ1v) is 7.25. The van der Waals surface area contributed by atoms with Gasteiger partial charge < -0.3 is 0 Å². The summed E-state index contributed by atoms with van der Waals surface area (Å²) in [4.78, 5) is 9.93. The Morgan fingerprint density at radius 1 is 1.05 bits per heavy atom. The number of hydrogen-bond donors (Lipinski definition) is 0. The molecule has 21 heavy (non-hydrogen) atoms. The molecule has 2 rings (SSSR count). The molecule has 0 atom stereocenters. The lowest BCUT2D eigenvalue weighted by molar-refractivity contribution is -0.384. The molecule has 8 heteroatoms. The van der Waals surface area contributed by atoms with Crippen molar-refractivity contribution in [3.63, 3.8) is 0 Å². The number of halogens is 1. The maximum atomic E-state index is 12.8. The van der Waals surface area contributed by atoms with E-state index in [-0.39, 0.29) is 16.3 Å². The smallest absolute Gasteiger partial charge is 0.269 e. The van der Waals surface area contributed by atoms with Crippen molar-refractivity contribution in [1.82, 2.24) is 0 Å². The Morgan fingerprint density at radius 2 is 1.57 bits per heavy atom. The third-order valence-electron chi connectivity index (χ3n) is 2.90. The van der Waals surface area contributed by atoms with Gasteiger partial charge in [0.05, 0.1) is 15.5 Å². The molecule has 6 nitrogen and oxygen atoms in total. The number of non-ortho nitro benzene ring substituents is 1. The average Bonchev–Trinajstić information content (AvgIpc) is 2.47. The molecule has 0 aliphatic carbocycles. The topological polar surface area (TPSA) is 80.5 Å². The standard InChI is InChI=1S/C13H11FN2O4S/c1-15(11-4-6-12(7-5-11)16(17)18)21(19,20)13-8-2-10(14)3-9-13/h2-9H,1H3. The van der Waals surface area contributed by atoms with Crippen molar-refractivity contribution in [2.75, 3.05) is 11.4 Å². The van der Waals surface area contributed by atoms with E-state index in [0.29, 0.717) is 0 Å². The molecule has 2 aromatic carbocycles. The van der Waals surface area contributed by atoms with Crippen molar-refractivity contribution >= 4 is 21.4 Å². The molecular weight excluding hydrogens is 299 g/mol. The fraction of sp³-hybridized carbons (Fsp3) is 0.0769. The molecular formula is C13H11FN2O4S.